The Morgan fingerprint density at radius 3 is 3.00 bits per heavy atom. The maximum atomic E-state index is 10.7. The highest BCUT2D eigenvalue weighted by atomic mass is 32.1. The molecule has 0 amide bonds. The maximum absolute atomic E-state index is 10.7. The second-order valence-electron chi connectivity index (χ2n) is 5.17. The number of carboxylic acid groups (broad SMARTS) is 1. The zero-order valence-electron chi connectivity index (χ0n) is 11.2. The summed E-state index contributed by atoms with van der Waals surface area (Å²) in [5.41, 5.74) is 0. The molecule has 0 spiro atoms. The van der Waals surface area contributed by atoms with Crippen molar-refractivity contribution < 1.29 is 14.8 Å². The SMILES string of the molecule is O=C(O)CCC1CCCN(Cc2ccc([N+](=O)[O-])s2)C1. The summed E-state index contributed by atoms with van der Waals surface area (Å²) in [6.45, 7) is 2.59. The van der Waals surface area contributed by atoms with E-state index in [-0.39, 0.29) is 16.3 Å². The molecule has 1 aromatic rings. The van der Waals surface area contributed by atoms with Crippen LogP contribution < -0.4 is 0 Å². The van der Waals surface area contributed by atoms with Crippen molar-refractivity contribution in [2.75, 3.05) is 13.1 Å². The number of likely N-dealkylation sites (tertiary alicyclic amines) is 1. The van der Waals surface area contributed by atoms with E-state index in [1.807, 2.05) is 6.07 Å². The van der Waals surface area contributed by atoms with Crippen molar-refractivity contribution >= 4 is 22.3 Å². The lowest BCUT2D eigenvalue weighted by atomic mass is 9.93. The van der Waals surface area contributed by atoms with Gasteiger partial charge in [-0.05, 0) is 37.8 Å². The number of hydrogen-bond acceptors (Lipinski definition) is 5. The van der Waals surface area contributed by atoms with Crippen molar-refractivity contribution in [1.82, 2.24) is 4.90 Å². The van der Waals surface area contributed by atoms with Gasteiger partial charge in [-0.15, -0.1) is 0 Å². The van der Waals surface area contributed by atoms with Crippen molar-refractivity contribution in [3.8, 4) is 0 Å². The quantitative estimate of drug-likeness (QED) is 0.645. The molecule has 1 aliphatic rings. The molecule has 1 unspecified atom stereocenters. The molecule has 20 heavy (non-hydrogen) atoms. The molecule has 0 radical (unpaired) electrons. The Labute approximate surface area is 121 Å². The number of nitro groups is 1. The third-order valence-electron chi connectivity index (χ3n) is 3.58. The predicted octanol–water partition coefficient (Wildman–Crippen LogP) is 2.73. The number of aliphatic carboxylic acids is 1. The Kier molecular flexibility index (Phi) is 5.08. The molecule has 7 heteroatoms. The molecule has 2 rings (SSSR count). The van der Waals surface area contributed by atoms with Gasteiger partial charge in [-0.25, -0.2) is 0 Å². The van der Waals surface area contributed by atoms with Gasteiger partial charge in [0.05, 0.1) is 4.92 Å². The number of piperidine rings is 1. The molecule has 0 aliphatic carbocycles. The van der Waals surface area contributed by atoms with Crippen LogP contribution in [0.5, 0.6) is 0 Å². The van der Waals surface area contributed by atoms with E-state index < -0.39 is 5.97 Å². The van der Waals surface area contributed by atoms with Gasteiger partial charge in [0, 0.05) is 30.5 Å². The van der Waals surface area contributed by atoms with Crippen LogP contribution in [0, 0.1) is 16.0 Å². The third-order valence-corrected chi connectivity index (χ3v) is 4.60. The van der Waals surface area contributed by atoms with Crippen molar-refractivity contribution in [2.24, 2.45) is 5.92 Å². The van der Waals surface area contributed by atoms with E-state index in [1.54, 1.807) is 6.07 Å². The van der Waals surface area contributed by atoms with Gasteiger partial charge in [0.2, 0.25) is 0 Å². The first-order valence-electron chi connectivity index (χ1n) is 6.72. The second-order valence-corrected chi connectivity index (χ2v) is 6.32. The van der Waals surface area contributed by atoms with Crippen LogP contribution in [0.15, 0.2) is 12.1 Å². The molecule has 0 bridgehead atoms. The molecule has 0 saturated carbocycles. The molecular formula is C13H18N2O4S. The summed E-state index contributed by atoms with van der Waals surface area (Å²) in [5.74, 6) is -0.314. The van der Waals surface area contributed by atoms with Gasteiger partial charge < -0.3 is 5.11 Å². The molecule has 1 saturated heterocycles. The van der Waals surface area contributed by atoms with Gasteiger partial charge in [0.1, 0.15) is 0 Å². The van der Waals surface area contributed by atoms with Crippen LogP contribution in [-0.2, 0) is 11.3 Å². The number of carbonyl (C=O) groups is 1. The highest BCUT2D eigenvalue weighted by molar-refractivity contribution is 7.15. The van der Waals surface area contributed by atoms with Crippen LogP contribution in [0.25, 0.3) is 0 Å². The summed E-state index contributed by atoms with van der Waals surface area (Å²) in [7, 11) is 0. The van der Waals surface area contributed by atoms with Crippen LogP contribution in [0.3, 0.4) is 0 Å². The fourth-order valence-electron chi connectivity index (χ4n) is 2.63. The van der Waals surface area contributed by atoms with Gasteiger partial charge in [-0.2, -0.15) is 0 Å². The summed E-state index contributed by atoms with van der Waals surface area (Å²) in [5, 5.41) is 19.6. The number of carboxylic acids is 1. The largest absolute Gasteiger partial charge is 0.481 e. The number of nitrogens with zero attached hydrogens (tertiary/aromatic N) is 2. The second kappa shape index (κ2) is 6.81. The molecule has 6 nitrogen and oxygen atoms in total. The molecule has 1 fully saturated rings. The van der Waals surface area contributed by atoms with E-state index in [9.17, 15) is 14.9 Å². The highest BCUT2D eigenvalue weighted by Gasteiger charge is 2.21. The zero-order chi connectivity index (χ0) is 14.5. The average molecular weight is 298 g/mol. The smallest absolute Gasteiger partial charge is 0.324 e. The Balaban J connectivity index is 1.85. The summed E-state index contributed by atoms with van der Waals surface area (Å²) in [6, 6.07) is 3.36. The Morgan fingerprint density at radius 2 is 2.35 bits per heavy atom. The number of hydrogen-bond donors (Lipinski definition) is 1. The molecular weight excluding hydrogens is 280 g/mol. The minimum atomic E-state index is -0.740. The zero-order valence-corrected chi connectivity index (χ0v) is 12.0. The van der Waals surface area contributed by atoms with E-state index in [4.69, 9.17) is 5.11 Å². The van der Waals surface area contributed by atoms with Gasteiger partial charge in [0.15, 0.2) is 0 Å². The Hall–Kier alpha value is -1.47. The lowest BCUT2D eigenvalue weighted by molar-refractivity contribution is -0.380. The lowest BCUT2D eigenvalue weighted by Crippen LogP contribution is -2.34. The van der Waals surface area contributed by atoms with Crippen LogP contribution in [0.4, 0.5) is 5.00 Å². The molecule has 2 heterocycles. The summed E-state index contributed by atoms with van der Waals surface area (Å²) >= 11 is 1.22. The monoisotopic (exact) mass is 298 g/mol. The van der Waals surface area contributed by atoms with Gasteiger partial charge in [0.25, 0.3) is 0 Å². The number of rotatable bonds is 6. The minimum Gasteiger partial charge on any atom is -0.481 e. The molecule has 110 valence electrons. The van der Waals surface area contributed by atoms with Crippen LogP contribution in [0.2, 0.25) is 0 Å². The van der Waals surface area contributed by atoms with Crippen LogP contribution in [-0.4, -0.2) is 34.0 Å². The summed E-state index contributed by atoms with van der Waals surface area (Å²) in [4.78, 5) is 24.2. The normalized spacial score (nSPS) is 19.9. The highest BCUT2D eigenvalue weighted by Crippen LogP contribution is 2.27. The van der Waals surface area contributed by atoms with Crippen molar-refractivity contribution in [2.45, 2.75) is 32.2 Å². The molecule has 1 aliphatic heterocycles. The van der Waals surface area contributed by atoms with Gasteiger partial charge >= 0.3 is 11.0 Å². The van der Waals surface area contributed by atoms with Crippen molar-refractivity contribution in [1.29, 1.82) is 0 Å². The predicted molar refractivity (Wildman–Crippen MR) is 75.8 cm³/mol. The standard InChI is InChI=1S/C13H18N2O4S/c16-13(17)6-3-10-2-1-7-14(8-10)9-11-4-5-12(20-11)15(18)19/h4-5,10H,1-3,6-9H2,(H,16,17). The molecule has 1 aromatic heterocycles. The van der Waals surface area contributed by atoms with E-state index in [2.05, 4.69) is 4.90 Å². The van der Waals surface area contributed by atoms with Crippen molar-refractivity contribution in [3.63, 3.8) is 0 Å². The van der Waals surface area contributed by atoms with Gasteiger partial charge in [-0.3, -0.25) is 19.8 Å². The molecule has 0 aromatic carbocycles. The fraction of sp³-hybridized carbons (Fsp3) is 0.615. The number of thiophene rings is 1. The summed E-state index contributed by atoms with van der Waals surface area (Å²) < 4.78 is 0. The van der Waals surface area contributed by atoms with Crippen molar-refractivity contribution in [3.05, 3.63) is 27.1 Å². The van der Waals surface area contributed by atoms with E-state index in [0.717, 1.165) is 43.8 Å². The summed E-state index contributed by atoms with van der Waals surface area (Å²) in [6.07, 6.45) is 3.09. The first-order chi connectivity index (χ1) is 9.54. The van der Waals surface area contributed by atoms with E-state index in [0.29, 0.717) is 5.92 Å². The van der Waals surface area contributed by atoms with Gasteiger partial charge in [-0.1, -0.05) is 11.3 Å². The Morgan fingerprint density at radius 1 is 1.55 bits per heavy atom. The lowest BCUT2D eigenvalue weighted by Gasteiger charge is -2.32. The Bertz CT molecular complexity index is 488. The maximum Gasteiger partial charge on any atom is 0.324 e. The van der Waals surface area contributed by atoms with E-state index in [1.165, 1.54) is 11.3 Å². The molecule has 1 atom stereocenters. The minimum absolute atomic E-state index is 0.180. The van der Waals surface area contributed by atoms with Crippen LogP contribution >= 0.6 is 11.3 Å². The molecule has 1 N–H and O–H groups in total. The average Bonchev–Trinajstić information content (AvgIpc) is 2.85. The third kappa shape index (κ3) is 4.28. The topological polar surface area (TPSA) is 83.7 Å². The van der Waals surface area contributed by atoms with Crippen LogP contribution in [0.1, 0.15) is 30.6 Å². The first kappa shape index (κ1) is 14.9. The van der Waals surface area contributed by atoms with E-state index >= 15 is 0 Å². The fourth-order valence-corrected chi connectivity index (χ4v) is 3.49. The first-order valence-corrected chi connectivity index (χ1v) is 7.53.